The molecule has 1 atom stereocenters. The summed E-state index contributed by atoms with van der Waals surface area (Å²) in [6, 6.07) is 12.9. The fourth-order valence-corrected chi connectivity index (χ4v) is 7.14. The fraction of sp³-hybridized carbons (Fsp3) is 0.207. The molecule has 42 heavy (non-hydrogen) atoms. The van der Waals surface area contributed by atoms with Crippen LogP contribution >= 0.6 is 45.3 Å². The van der Waals surface area contributed by atoms with Crippen molar-refractivity contribution in [1.82, 2.24) is 4.57 Å². The molecular weight excluding hydrogens is 693 g/mol. The standard InChI is InChI=1S/C29H24IN3O7S2/c1-4-39-28(35)24-16(2)31-29-32(25(24)22-6-5-11-41-22)27(34)23(42-29)14-18-12-20(30)26(21(13-18)38-3)40-15-17-7-9-19(10-8-17)33(36)37/h5-14,25H,4,15H2,1-3H3/b23-14-/t25-/m0/s1. The molecule has 13 heteroatoms. The molecule has 5 rings (SSSR count). The maximum absolute atomic E-state index is 13.8. The summed E-state index contributed by atoms with van der Waals surface area (Å²) in [5.74, 6) is 0.497. The van der Waals surface area contributed by atoms with Crippen LogP contribution in [-0.2, 0) is 16.1 Å². The van der Waals surface area contributed by atoms with Gasteiger partial charge in [-0.25, -0.2) is 9.79 Å². The molecule has 3 heterocycles. The topological polar surface area (TPSA) is 122 Å². The van der Waals surface area contributed by atoms with Crippen LogP contribution in [0.4, 0.5) is 5.69 Å². The molecule has 0 bridgehead atoms. The highest BCUT2D eigenvalue weighted by molar-refractivity contribution is 14.1. The van der Waals surface area contributed by atoms with Gasteiger partial charge in [0.2, 0.25) is 0 Å². The maximum atomic E-state index is 13.8. The van der Waals surface area contributed by atoms with Gasteiger partial charge in [0.25, 0.3) is 11.2 Å². The molecular formula is C29H24IN3O7S2. The number of carbonyl (C=O) groups is 1. The molecule has 0 radical (unpaired) electrons. The number of rotatable bonds is 9. The van der Waals surface area contributed by atoms with Crippen LogP contribution in [0.2, 0.25) is 0 Å². The largest absolute Gasteiger partial charge is 0.493 e. The molecule has 10 nitrogen and oxygen atoms in total. The van der Waals surface area contributed by atoms with Crippen LogP contribution in [0.1, 0.15) is 35.9 Å². The normalized spacial score (nSPS) is 14.8. The number of benzene rings is 2. The Balaban J connectivity index is 1.51. The average molecular weight is 718 g/mol. The monoisotopic (exact) mass is 717 g/mol. The van der Waals surface area contributed by atoms with E-state index in [4.69, 9.17) is 14.2 Å². The molecule has 0 unspecified atom stereocenters. The number of aromatic nitrogens is 1. The first kappa shape index (κ1) is 29.7. The van der Waals surface area contributed by atoms with E-state index >= 15 is 0 Å². The van der Waals surface area contributed by atoms with Gasteiger partial charge in [-0.15, -0.1) is 11.3 Å². The first-order valence-corrected chi connectivity index (χ1v) is 15.5. The Morgan fingerprint density at radius 2 is 2.00 bits per heavy atom. The zero-order valence-corrected chi connectivity index (χ0v) is 26.4. The van der Waals surface area contributed by atoms with Crippen molar-refractivity contribution in [2.24, 2.45) is 4.99 Å². The number of ether oxygens (including phenoxy) is 3. The number of non-ortho nitro benzene ring substituents is 1. The lowest BCUT2D eigenvalue weighted by molar-refractivity contribution is -0.384. The SMILES string of the molecule is CCOC(=O)C1=C(C)N=c2s/c(=C\c3cc(I)c(OCc4ccc([N+](=O)[O-])cc4)c(OC)c3)c(=O)n2[C@H]1c1cccs1. The Bertz CT molecular complexity index is 1880. The predicted octanol–water partition coefficient (Wildman–Crippen LogP) is 4.96. The first-order chi connectivity index (χ1) is 20.2. The Morgan fingerprint density at radius 1 is 1.24 bits per heavy atom. The number of nitro benzene ring substituents is 1. The van der Waals surface area contributed by atoms with E-state index in [1.165, 1.54) is 41.9 Å². The molecule has 0 N–H and O–H groups in total. The van der Waals surface area contributed by atoms with Gasteiger partial charge >= 0.3 is 5.97 Å². The number of carbonyl (C=O) groups excluding carboxylic acids is 1. The zero-order chi connectivity index (χ0) is 30.0. The average Bonchev–Trinajstić information content (AvgIpc) is 3.60. The second-order valence-corrected chi connectivity index (χ2v) is 12.2. The highest BCUT2D eigenvalue weighted by Gasteiger charge is 2.33. The smallest absolute Gasteiger partial charge is 0.338 e. The molecule has 2 aromatic carbocycles. The number of halogens is 1. The summed E-state index contributed by atoms with van der Waals surface area (Å²) >= 11 is 4.85. The lowest BCUT2D eigenvalue weighted by Crippen LogP contribution is -2.39. The van der Waals surface area contributed by atoms with E-state index in [0.717, 1.165) is 19.6 Å². The summed E-state index contributed by atoms with van der Waals surface area (Å²) in [6.45, 7) is 3.90. The predicted molar refractivity (Wildman–Crippen MR) is 168 cm³/mol. The van der Waals surface area contributed by atoms with Crippen LogP contribution in [0.15, 0.2) is 75.0 Å². The summed E-state index contributed by atoms with van der Waals surface area (Å²) in [5, 5.41) is 12.8. The van der Waals surface area contributed by atoms with Crippen molar-refractivity contribution in [3.63, 3.8) is 0 Å². The number of fused-ring (bicyclic) bond motifs is 1. The number of hydrogen-bond donors (Lipinski definition) is 0. The number of nitrogens with zero attached hydrogens (tertiary/aromatic N) is 3. The van der Waals surface area contributed by atoms with Gasteiger partial charge < -0.3 is 14.2 Å². The third kappa shape index (κ3) is 5.89. The van der Waals surface area contributed by atoms with Crippen molar-refractivity contribution < 1.29 is 23.9 Å². The molecule has 0 saturated carbocycles. The summed E-state index contributed by atoms with van der Waals surface area (Å²) in [7, 11) is 1.53. The number of thiophene rings is 1. The number of esters is 1. The Morgan fingerprint density at radius 3 is 2.64 bits per heavy atom. The number of allylic oxidation sites excluding steroid dienone is 1. The minimum atomic E-state index is -0.632. The maximum Gasteiger partial charge on any atom is 0.338 e. The van der Waals surface area contributed by atoms with Crippen LogP contribution in [0.5, 0.6) is 11.5 Å². The number of thiazole rings is 1. The van der Waals surface area contributed by atoms with Gasteiger partial charge in [-0.3, -0.25) is 19.5 Å². The molecule has 1 aliphatic rings. The molecule has 1 aliphatic heterocycles. The van der Waals surface area contributed by atoms with E-state index in [-0.39, 0.29) is 24.5 Å². The number of nitro groups is 1. The summed E-state index contributed by atoms with van der Waals surface area (Å²) in [6.07, 6.45) is 1.77. The Kier molecular flexibility index (Phi) is 8.89. The Hall–Kier alpha value is -3.82. The molecule has 0 saturated heterocycles. The lowest BCUT2D eigenvalue weighted by atomic mass is 10.0. The highest BCUT2D eigenvalue weighted by atomic mass is 127. The fourth-order valence-electron chi connectivity index (χ4n) is 4.49. The summed E-state index contributed by atoms with van der Waals surface area (Å²) in [4.78, 5) is 43.2. The van der Waals surface area contributed by atoms with E-state index in [1.54, 1.807) is 42.7 Å². The van der Waals surface area contributed by atoms with Crippen LogP contribution in [0, 0.1) is 13.7 Å². The van der Waals surface area contributed by atoms with Crippen LogP contribution < -0.4 is 24.4 Å². The van der Waals surface area contributed by atoms with E-state index in [0.29, 0.717) is 32.1 Å². The van der Waals surface area contributed by atoms with Crippen molar-refractivity contribution in [1.29, 1.82) is 0 Å². The molecule has 2 aromatic heterocycles. The van der Waals surface area contributed by atoms with E-state index in [2.05, 4.69) is 27.6 Å². The second kappa shape index (κ2) is 12.6. The van der Waals surface area contributed by atoms with Gasteiger partial charge in [0.05, 0.1) is 38.0 Å². The van der Waals surface area contributed by atoms with E-state index in [1.807, 2.05) is 23.6 Å². The van der Waals surface area contributed by atoms with Gasteiger partial charge in [0.15, 0.2) is 16.3 Å². The molecule has 0 aliphatic carbocycles. The summed E-state index contributed by atoms with van der Waals surface area (Å²) < 4.78 is 19.7. The number of methoxy groups -OCH3 is 1. The highest BCUT2D eigenvalue weighted by Crippen LogP contribution is 2.35. The van der Waals surface area contributed by atoms with Crippen molar-refractivity contribution in [3.8, 4) is 11.5 Å². The third-order valence-electron chi connectivity index (χ3n) is 6.41. The molecule has 4 aromatic rings. The molecule has 0 amide bonds. The third-order valence-corrected chi connectivity index (χ3v) is 9.12. The molecule has 0 spiro atoms. The van der Waals surface area contributed by atoms with E-state index in [9.17, 15) is 19.7 Å². The van der Waals surface area contributed by atoms with Crippen molar-refractivity contribution >= 4 is 63.0 Å². The summed E-state index contributed by atoms with van der Waals surface area (Å²) in [5.41, 5.74) is 2.10. The van der Waals surface area contributed by atoms with Gasteiger partial charge in [0, 0.05) is 17.0 Å². The van der Waals surface area contributed by atoms with Crippen molar-refractivity contribution in [2.75, 3.05) is 13.7 Å². The van der Waals surface area contributed by atoms with Crippen LogP contribution in [0.25, 0.3) is 6.08 Å². The minimum Gasteiger partial charge on any atom is -0.493 e. The van der Waals surface area contributed by atoms with Crippen LogP contribution in [-0.4, -0.2) is 29.2 Å². The first-order valence-electron chi connectivity index (χ1n) is 12.7. The quantitative estimate of drug-likeness (QED) is 0.104. The zero-order valence-electron chi connectivity index (χ0n) is 22.7. The second-order valence-electron chi connectivity index (χ2n) is 9.06. The van der Waals surface area contributed by atoms with Gasteiger partial charge in [0.1, 0.15) is 12.6 Å². The van der Waals surface area contributed by atoms with Gasteiger partial charge in [-0.2, -0.15) is 0 Å². The Labute approximate surface area is 261 Å². The van der Waals surface area contributed by atoms with Gasteiger partial charge in [-0.05, 0) is 89.4 Å². The molecule has 216 valence electrons. The molecule has 0 fully saturated rings. The lowest BCUT2D eigenvalue weighted by Gasteiger charge is -2.23. The van der Waals surface area contributed by atoms with Crippen LogP contribution in [0.3, 0.4) is 0 Å². The number of hydrogen-bond acceptors (Lipinski definition) is 10. The van der Waals surface area contributed by atoms with Crippen molar-refractivity contribution in [3.05, 3.63) is 115 Å². The van der Waals surface area contributed by atoms with E-state index < -0.39 is 16.9 Å². The minimum absolute atomic E-state index is 0.00882. The van der Waals surface area contributed by atoms with Gasteiger partial charge in [-0.1, -0.05) is 17.4 Å². The van der Waals surface area contributed by atoms with Crippen molar-refractivity contribution in [2.45, 2.75) is 26.5 Å².